The summed E-state index contributed by atoms with van der Waals surface area (Å²) in [6, 6.07) is 5.48. The number of non-ortho nitro benzene ring substituents is 1. The second kappa shape index (κ2) is 6.24. The van der Waals surface area contributed by atoms with E-state index >= 15 is 0 Å². The minimum atomic E-state index is -0.653. The van der Waals surface area contributed by atoms with E-state index in [4.69, 9.17) is 0 Å². The Morgan fingerprint density at radius 2 is 1.96 bits per heavy atom. The molecule has 9 nitrogen and oxygen atoms in total. The van der Waals surface area contributed by atoms with Crippen molar-refractivity contribution in [1.82, 2.24) is 14.5 Å². The maximum atomic E-state index is 11.2. The Morgan fingerprint density at radius 3 is 2.67 bits per heavy atom. The maximum Gasteiger partial charge on any atom is 0.280 e. The lowest BCUT2D eigenvalue weighted by Crippen LogP contribution is -1.97. The molecule has 0 saturated carbocycles. The van der Waals surface area contributed by atoms with Crippen LogP contribution in [0.5, 0.6) is 0 Å². The second-order valence-corrected chi connectivity index (χ2v) is 5.92. The fourth-order valence-corrected chi connectivity index (χ4v) is 3.21. The highest BCUT2D eigenvalue weighted by atomic mass is 32.2. The fourth-order valence-electron chi connectivity index (χ4n) is 2.25. The molecular weight excluding hydrogens is 334 g/mol. The monoisotopic (exact) mass is 345 g/mol. The number of fused-ring (bicyclic) bond motifs is 1. The number of aromatic nitrogens is 3. The molecule has 24 heavy (non-hydrogen) atoms. The minimum absolute atomic E-state index is 0.261. The van der Waals surface area contributed by atoms with Gasteiger partial charge in [0.15, 0.2) is 0 Å². The maximum absolute atomic E-state index is 11.2. The topological polar surface area (TPSA) is 117 Å². The fraction of sp³-hybridized carbons (Fsp3) is 0.143. The summed E-state index contributed by atoms with van der Waals surface area (Å²) < 4.78 is 1.86. The molecule has 2 aromatic heterocycles. The van der Waals surface area contributed by atoms with Crippen LogP contribution in [-0.4, -0.2) is 24.4 Å². The van der Waals surface area contributed by atoms with Crippen molar-refractivity contribution in [2.75, 3.05) is 0 Å². The molecular formula is C14H11N5O4S. The quantitative estimate of drug-likeness (QED) is 0.396. The van der Waals surface area contributed by atoms with Gasteiger partial charge >= 0.3 is 0 Å². The Hall–Kier alpha value is -3.01. The molecule has 0 fully saturated rings. The summed E-state index contributed by atoms with van der Waals surface area (Å²) in [6.07, 6.45) is 3.32. The third kappa shape index (κ3) is 2.91. The predicted octanol–water partition coefficient (Wildman–Crippen LogP) is 3.08. The summed E-state index contributed by atoms with van der Waals surface area (Å²) >= 11 is 1.30. The van der Waals surface area contributed by atoms with Gasteiger partial charge in [0.25, 0.3) is 11.4 Å². The average molecular weight is 345 g/mol. The van der Waals surface area contributed by atoms with E-state index in [1.54, 1.807) is 12.5 Å². The van der Waals surface area contributed by atoms with E-state index < -0.39 is 9.85 Å². The molecule has 0 spiro atoms. The molecule has 0 N–H and O–H groups in total. The molecule has 3 aromatic rings. The van der Waals surface area contributed by atoms with Crippen molar-refractivity contribution in [3.8, 4) is 0 Å². The van der Waals surface area contributed by atoms with Crippen molar-refractivity contribution in [1.29, 1.82) is 0 Å². The van der Waals surface area contributed by atoms with Crippen molar-refractivity contribution in [3.63, 3.8) is 0 Å². The van der Waals surface area contributed by atoms with Crippen LogP contribution in [0.1, 0.15) is 5.56 Å². The van der Waals surface area contributed by atoms with Gasteiger partial charge < -0.3 is 4.57 Å². The van der Waals surface area contributed by atoms with E-state index in [-0.39, 0.29) is 17.1 Å². The van der Waals surface area contributed by atoms with Crippen LogP contribution in [0.4, 0.5) is 11.4 Å². The van der Waals surface area contributed by atoms with Gasteiger partial charge in [0.2, 0.25) is 0 Å². The van der Waals surface area contributed by atoms with E-state index in [0.717, 1.165) is 17.1 Å². The van der Waals surface area contributed by atoms with E-state index in [1.165, 1.54) is 23.9 Å². The Bertz CT molecular complexity index is 955. The van der Waals surface area contributed by atoms with Gasteiger partial charge in [-0.2, -0.15) is 0 Å². The van der Waals surface area contributed by atoms with Gasteiger partial charge in [-0.1, -0.05) is 11.8 Å². The van der Waals surface area contributed by atoms with Gasteiger partial charge in [0.1, 0.15) is 10.5 Å². The van der Waals surface area contributed by atoms with Crippen LogP contribution in [0.15, 0.2) is 41.8 Å². The van der Waals surface area contributed by atoms with Crippen molar-refractivity contribution >= 4 is 34.2 Å². The van der Waals surface area contributed by atoms with E-state index in [9.17, 15) is 20.2 Å². The summed E-state index contributed by atoms with van der Waals surface area (Å²) in [7, 11) is 1.87. The van der Waals surface area contributed by atoms with Crippen molar-refractivity contribution in [2.24, 2.45) is 7.05 Å². The first-order chi connectivity index (χ1) is 11.5. The van der Waals surface area contributed by atoms with Gasteiger partial charge in [-0.3, -0.25) is 20.2 Å². The smallest absolute Gasteiger partial charge is 0.280 e. The highest BCUT2D eigenvalue weighted by Crippen LogP contribution is 2.32. The normalized spacial score (nSPS) is 10.9. The molecule has 0 saturated heterocycles. The number of thioether (sulfide) groups is 1. The molecule has 0 radical (unpaired) electrons. The zero-order chi connectivity index (χ0) is 17.3. The molecule has 1 aromatic carbocycles. The third-order valence-corrected chi connectivity index (χ3v) is 4.48. The Kier molecular flexibility index (Phi) is 4.13. The standard InChI is InChI=1S/C14H11N5O4S/c1-17-8-16-13-11(17)4-5-15-14(13)24-7-9-2-3-10(18(20)21)6-12(9)19(22)23/h2-6,8H,7H2,1H3. The number of nitrogens with zero attached hydrogens (tertiary/aromatic N) is 5. The van der Waals surface area contributed by atoms with Gasteiger partial charge in [-0.15, -0.1) is 0 Å². The number of pyridine rings is 1. The summed E-state index contributed by atoms with van der Waals surface area (Å²) in [4.78, 5) is 29.2. The number of rotatable bonds is 5. The van der Waals surface area contributed by atoms with Gasteiger partial charge in [0, 0.05) is 30.6 Å². The number of nitro benzene ring substituents is 2. The van der Waals surface area contributed by atoms with Gasteiger partial charge in [0.05, 0.1) is 27.8 Å². The zero-order valence-electron chi connectivity index (χ0n) is 12.4. The van der Waals surface area contributed by atoms with Crippen LogP contribution in [0, 0.1) is 20.2 Å². The van der Waals surface area contributed by atoms with Crippen molar-refractivity contribution in [2.45, 2.75) is 10.8 Å². The lowest BCUT2D eigenvalue weighted by Gasteiger charge is -2.04. The molecule has 10 heteroatoms. The summed E-state index contributed by atoms with van der Waals surface area (Å²) in [6.45, 7) is 0. The minimum Gasteiger partial charge on any atom is -0.334 e. The molecule has 0 bridgehead atoms. The molecule has 2 heterocycles. The van der Waals surface area contributed by atoms with Crippen LogP contribution in [0.25, 0.3) is 11.0 Å². The molecule has 0 aliphatic heterocycles. The van der Waals surface area contributed by atoms with Crippen molar-refractivity contribution in [3.05, 3.63) is 62.6 Å². The largest absolute Gasteiger partial charge is 0.334 e. The number of nitro groups is 2. The van der Waals surface area contributed by atoms with Gasteiger partial charge in [-0.25, -0.2) is 9.97 Å². The number of hydrogen-bond donors (Lipinski definition) is 0. The van der Waals surface area contributed by atoms with Crippen molar-refractivity contribution < 1.29 is 9.85 Å². The summed E-state index contributed by atoms with van der Waals surface area (Å²) in [5.41, 5.74) is 1.44. The lowest BCUT2D eigenvalue weighted by atomic mass is 10.2. The Labute approximate surface area is 139 Å². The van der Waals surface area contributed by atoms with Crippen LogP contribution in [0.2, 0.25) is 0 Å². The SMILES string of the molecule is Cn1cnc2c(SCc3ccc([N+](=O)[O-])cc3[N+](=O)[O-])nccc21. The molecule has 0 amide bonds. The van der Waals surface area contributed by atoms with Crippen LogP contribution < -0.4 is 0 Å². The average Bonchev–Trinajstić information content (AvgIpc) is 2.94. The molecule has 122 valence electrons. The first-order valence-electron chi connectivity index (χ1n) is 6.78. The second-order valence-electron chi connectivity index (χ2n) is 4.96. The lowest BCUT2D eigenvalue weighted by molar-refractivity contribution is -0.394. The summed E-state index contributed by atoms with van der Waals surface area (Å²) in [5.74, 6) is 0.261. The molecule has 0 aliphatic rings. The highest BCUT2D eigenvalue weighted by molar-refractivity contribution is 7.98. The zero-order valence-corrected chi connectivity index (χ0v) is 13.3. The molecule has 0 atom stereocenters. The number of imidazole rings is 1. The first-order valence-corrected chi connectivity index (χ1v) is 7.76. The third-order valence-electron chi connectivity index (χ3n) is 3.45. The Balaban J connectivity index is 1.91. The molecule has 0 unspecified atom stereocenters. The highest BCUT2D eigenvalue weighted by Gasteiger charge is 2.20. The Morgan fingerprint density at radius 1 is 1.17 bits per heavy atom. The number of aryl methyl sites for hydroxylation is 1. The molecule has 3 rings (SSSR count). The van der Waals surface area contributed by atoms with Crippen LogP contribution in [0.3, 0.4) is 0 Å². The number of benzene rings is 1. The van der Waals surface area contributed by atoms with Crippen LogP contribution >= 0.6 is 11.8 Å². The first kappa shape index (κ1) is 15.9. The van der Waals surface area contributed by atoms with Crippen LogP contribution in [-0.2, 0) is 12.8 Å². The predicted molar refractivity (Wildman–Crippen MR) is 87.8 cm³/mol. The van der Waals surface area contributed by atoms with E-state index in [2.05, 4.69) is 9.97 Å². The van der Waals surface area contributed by atoms with E-state index in [1.807, 2.05) is 17.7 Å². The van der Waals surface area contributed by atoms with E-state index in [0.29, 0.717) is 10.6 Å². The van der Waals surface area contributed by atoms with Gasteiger partial charge in [-0.05, 0) is 12.1 Å². The molecule has 0 aliphatic carbocycles. The summed E-state index contributed by atoms with van der Waals surface area (Å²) in [5, 5.41) is 22.6. The number of hydrogen-bond acceptors (Lipinski definition) is 7.